The zero-order chi connectivity index (χ0) is 29.4. The topological polar surface area (TPSA) is 81.7 Å². The van der Waals surface area contributed by atoms with Crippen molar-refractivity contribution in [1.29, 1.82) is 0 Å². The van der Waals surface area contributed by atoms with Gasteiger partial charge in [0, 0.05) is 6.42 Å². The van der Waals surface area contributed by atoms with Crippen molar-refractivity contribution < 1.29 is 37.6 Å². The molecule has 0 aliphatic rings. The van der Waals surface area contributed by atoms with Gasteiger partial charge >= 0.3 is 5.97 Å². The predicted molar refractivity (Wildman–Crippen MR) is 165 cm³/mol. The number of carbonyl (C=O) groups excluding carboxylic acids is 1. The molecule has 0 rings (SSSR count). The largest absolute Gasteiger partial charge is 0.463 e. The van der Waals surface area contributed by atoms with Crippen molar-refractivity contribution in [3.63, 3.8) is 0 Å². The maximum atomic E-state index is 11.8. The smallest absolute Gasteiger partial charge is 0.305 e. The Morgan fingerprint density at radius 3 is 1.15 bits per heavy atom. The Balaban J connectivity index is 3.16. The van der Waals surface area contributed by atoms with Gasteiger partial charge < -0.3 is 32.8 Å². The van der Waals surface area contributed by atoms with Gasteiger partial charge in [-0.2, -0.15) is 0 Å². The van der Waals surface area contributed by atoms with Crippen molar-refractivity contribution in [3.8, 4) is 0 Å². The van der Waals surface area contributed by atoms with Gasteiger partial charge in [0.25, 0.3) is 0 Å². The Bertz CT molecular complexity index is 516. The molecule has 0 aliphatic carbocycles. The van der Waals surface area contributed by atoms with Gasteiger partial charge in [0.15, 0.2) is 8.32 Å². The van der Waals surface area contributed by atoms with Gasteiger partial charge in [-0.25, -0.2) is 0 Å². The number of hydrogen-bond donors (Lipinski definition) is 0. The summed E-state index contributed by atoms with van der Waals surface area (Å²) in [4.78, 5) is 11.8. The van der Waals surface area contributed by atoms with E-state index in [1.165, 1.54) is 70.6 Å². The molecule has 9 heteroatoms. The van der Waals surface area contributed by atoms with Crippen LogP contribution < -0.4 is 0 Å². The van der Waals surface area contributed by atoms with Gasteiger partial charge in [-0.1, -0.05) is 84.0 Å². The zero-order valence-electron chi connectivity index (χ0n) is 26.7. The molecule has 0 radical (unpaired) electrons. The van der Waals surface area contributed by atoms with Gasteiger partial charge in [0.05, 0.1) is 72.7 Å². The van der Waals surface area contributed by atoms with Crippen LogP contribution in [-0.2, 0) is 37.6 Å². The molecule has 0 spiro atoms. The summed E-state index contributed by atoms with van der Waals surface area (Å²) in [6.07, 6.45) is 17.4. The van der Waals surface area contributed by atoms with Gasteiger partial charge in [0.2, 0.25) is 0 Å². The van der Waals surface area contributed by atoms with Gasteiger partial charge in [-0.05, 0) is 26.1 Å². The summed E-state index contributed by atoms with van der Waals surface area (Å²) >= 11 is 0. The Morgan fingerprint density at radius 1 is 0.450 bits per heavy atom. The molecular formula is C31H64O8Si. The second-order valence-electron chi connectivity index (χ2n) is 11.2. The number of hydrogen-bond acceptors (Lipinski definition) is 8. The summed E-state index contributed by atoms with van der Waals surface area (Å²) in [7, 11) is -1.45. The lowest BCUT2D eigenvalue weighted by atomic mass is 10.0. The maximum Gasteiger partial charge on any atom is 0.305 e. The van der Waals surface area contributed by atoms with Crippen LogP contribution in [-0.4, -0.2) is 93.6 Å². The van der Waals surface area contributed by atoms with Crippen LogP contribution in [0.3, 0.4) is 0 Å². The van der Waals surface area contributed by atoms with Crippen LogP contribution in [0.2, 0.25) is 19.6 Å². The molecule has 0 N–H and O–H groups in total. The van der Waals surface area contributed by atoms with Crippen LogP contribution in [0.5, 0.6) is 0 Å². The third-order valence-electron chi connectivity index (χ3n) is 6.23. The fraction of sp³-hybridized carbons (Fsp3) is 0.968. The first-order chi connectivity index (χ1) is 19.5. The lowest BCUT2D eigenvalue weighted by Gasteiger charge is -2.16. The molecule has 40 heavy (non-hydrogen) atoms. The number of unbranched alkanes of at least 4 members (excludes halogenated alkanes) is 12. The van der Waals surface area contributed by atoms with Crippen molar-refractivity contribution in [2.24, 2.45) is 0 Å². The van der Waals surface area contributed by atoms with Crippen LogP contribution in [0, 0.1) is 0 Å². The number of ether oxygens (including phenoxy) is 6. The van der Waals surface area contributed by atoms with Crippen LogP contribution in [0.15, 0.2) is 0 Å². The quantitative estimate of drug-likeness (QED) is 0.0460. The zero-order valence-corrected chi connectivity index (χ0v) is 27.7. The highest BCUT2D eigenvalue weighted by atomic mass is 28.4. The summed E-state index contributed by atoms with van der Waals surface area (Å²) in [5.41, 5.74) is 0. The number of carbonyl (C=O) groups is 1. The summed E-state index contributed by atoms with van der Waals surface area (Å²) in [5.74, 6) is -0.122. The Hall–Kier alpha value is -0.553. The first-order valence-electron chi connectivity index (χ1n) is 16.1. The third kappa shape index (κ3) is 35.5. The number of esters is 1. The SMILES string of the molecule is CCCCCCCCCCCCCCCC(=O)OCCOCCOCCOCCOCCOCCO[Si](C)(C)C. The molecule has 0 bridgehead atoms. The van der Waals surface area contributed by atoms with Crippen molar-refractivity contribution in [2.45, 2.75) is 116 Å². The molecule has 0 aliphatic heterocycles. The predicted octanol–water partition coefficient (Wildman–Crippen LogP) is 6.95. The van der Waals surface area contributed by atoms with Crippen LogP contribution in [0.4, 0.5) is 0 Å². The minimum absolute atomic E-state index is 0.122. The number of rotatable bonds is 33. The molecule has 0 saturated heterocycles. The molecule has 0 unspecified atom stereocenters. The summed E-state index contributed by atoms with van der Waals surface area (Å²) in [6.45, 7) is 14.9. The van der Waals surface area contributed by atoms with Crippen molar-refractivity contribution in [3.05, 3.63) is 0 Å². The highest BCUT2D eigenvalue weighted by Crippen LogP contribution is 2.13. The van der Waals surface area contributed by atoms with E-state index in [2.05, 4.69) is 26.6 Å². The minimum Gasteiger partial charge on any atom is -0.463 e. The molecule has 0 aromatic carbocycles. The molecule has 0 aromatic heterocycles. The van der Waals surface area contributed by atoms with E-state index in [9.17, 15) is 4.79 Å². The summed E-state index contributed by atoms with van der Waals surface area (Å²) in [6, 6.07) is 0. The average molecular weight is 593 g/mol. The van der Waals surface area contributed by atoms with E-state index < -0.39 is 8.32 Å². The van der Waals surface area contributed by atoms with E-state index in [0.29, 0.717) is 85.7 Å². The van der Waals surface area contributed by atoms with Gasteiger partial charge in [-0.15, -0.1) is 0 Å². The molecule has 0 atom stereocenters. The fourth-order valence-electron chi connectivity index (χ4n) is 3.96. The van der Waals surface area contributed by atoms with E-state index in [0.717, 1.165) is 12.8 Å². The van der Waals surface area contributed by atoms with E-state index in [1.807, 2.05) is 0 Å². The Kier molecular flexibility index (Phi) is 31.0. The molecule has 0 heterocycles. The normalized spacial score (nSPS) is 11.8. The van der Waals surface area contributed by atoms with Crippen molar-refractivity contribution in [2.75, 3.05) is 79.3 Å². The van der Waals surface area contributed by atoms with Crippen LogP contribution >= 0.6 is 0 Å². The molecule has 0 fully saturated rings. The van der Waals surface area contributed by atoms with Crippen molar-refractivity contribution in [1.82, 2.24) is 0 Å². The fourth-order valence-corrected chi connectivity index (χ4v) is 4.66. The van der Waals surface area contributed by atoms with Gasteiger partial charge in [0.1, 0.15) is 6.61 Å². The van der Waals surface area contributed by atoms with Crippen LogP contribution in [0.25, 0.3) is 0 Å². The lowest BCUT2D eigenvalue weighted by molar-refractivity contribution is -0.145. The van der Waals surface area contributed by atoms with E-state index in [4.69, 9.17) is 32.8 Å². The standard InChI is InChI=1S/C31H64O8Si/c1-5-6-7-8-9-10-11-12-13-14-15-16-17-18-31(32)38-29-27-36-25-23-34-21-19-33-20-22-35-24-26-37-28-30-39-40(2,3)4/h5-30H2,1-4H3. The molecule has 0 saturated carbocycles. The highest BCUT2D eigenvalue weighted by Gasteiger charge is 2.13. The first-order valence-corrected chi connectivity index (χ1v) is 19.5. The van der Waals surface area contributed by atoms with E-state index >= 15 is 0 Å². The molecule has 0 amide bonds. The second kappa shape index (κ2) is 31.4. The second-order valence-corrected chi connectivity index (χ2v) is 15.7. The highest BCUT2D eigenvalue weighted by molar-refractivity contribution is 6.69. The minimum atomic E-state index is -1.45. The molecular weight excluding hydrogens is 528 g/mol. The molecule has 8 nitrogen and oxygen atoms in total. The van der Waals surface area contributed by atoms with Crippen LogP contribution in [0.1, 0.15) is 96.8 Å². The van der Waals surface area contributed by atoms with E-state index in [1.54, 1.807) is 0 Å². The lowest BCUT2D eigenvalue weighted by Crippen LogP contribution is -2.27. The summed E-state index contributed by atoms with van der Waals surface area (Å²) in [5, 5.41) is 0. The Morgan fingerprint density at radius 2 is 0.775 bits per heavy atom. The first kappa shape index (κ1) is 39.4. The van der Waals surface area contributed by atoms with Gasteiger partial charge in [-0.3, -0.25) is 4.79 Å². The maximum absolute atomic E-state index is 11.8. The van der Waals surface area contributed by atoms with E-state index in [-0.39, 0.29) is 5.97 Å². The third-order valence-corrected chi connectivity index (χ3v) is 7.30. The molecule has 0 aromatic rings. The Labute approximate surface area is 247 Å². The molecule has 240 valence electrons. The van der Waals surface area contributed by atoms with Crippen molar-refractivity contribution >= 4 is 14.3 Å². The monoisotopic (exact) mass is 592 g/mol. The average Bonchev–Trinajstić information content (AvgIpc) is 2.92. The summed E-state index contributed by atoms with van der Waals surface area (Å²) < 4.78 is 38.3.